The highest BCUT2D eigenvalue weighted by Gasteiger charge is 2.09. The summed E-state index contributed by atoms with van der Waals surface area (Å²) in [5.74, 6) is 1.37. The Balaban J connectivity index is 2.53. The molecular weight excluding hydrogens is 388 g/mol. The molecule has 0 saturated heterocycles. The number of aromatic amines is 1. The van der Waals surface area contributed by atoms with E-state index in [0.29, 0.717) is 10.6 Å². The zero-order chi connectivity index (χ0) is 14.0. The molecule has 19 heavy (non-hydrogen) atoms. The Kier molecular flexibility index (Phi) is 4.92. The summed E-state index contributed by atoms with van der Waals surface area (Å²) < 4.78 is 2.53. The first-order valence-electron chi connectivity index (χ1n) is 6.02. The second kappa shape index (κ2) is 6.29. The van der Waals surface area contributed by atoms with Crippen LogP contribution in [0.5, 0.6) is 0 Å². The third-order valence-corrected chi connectivity index (χ3v) is 4.55. The number of rotatable bonds is 3. The molecule has 0 radical (unpaired) electrons. The highest BCUT2D eigenvalue weighted by Crippen LogP contribution is 2.24. The first-order chi connectivity index (χ1) is 8.97. The maximum atomic E-state index is 5.32. The largest absolute Gasteiger partial charge is 0.342 e. The number of halogens is 2. The summed E-state index contributed by atoms with van der Waals surface area (Å²) in [7, 11) is 0. The van der Waals surface area contributed by atoms with Crippen LogP contribution in [0.25, 0.3) is 11.4 Å². The monoisotopic (exact) mass is 400 g/mol. The van der Waals surface area contributed by atoms with Crippen LogP contribution in [0.3, 0.4) is 0 Å². The average molecular weight is 402 g/mol. The van der Waals surface area contributed by atoms with Gasteiger partial charge in [0.1, 0.15) is 10.5 Å². The number of hydrogen-bond acceptors (Lipinski definition) is 2. The van der Waals surface area contributed by atoms with E-state index >= 15 is 0 Å². The molecule has 0 spiro atoms. The van der Waals surface area contributed by atoms with Gasteiger partial charge in [0.2, 0.25) is 0 Å². The summed E-state index contributed by atoms with van der Waals surface area (Å²) in [6.07, 6.45) is 0.938. The number of aromatic nitrogens is 2. The van der Waals surface area contributed by atoms with Crippen LogP contribution in [0.4, 0.5) is 0 Å². The van der Waals surface area contributed by atoms with E-state index in [4.69, 9.17) is 12.2 Å². The van der Waals surface area contributed by atoms with Crippen LogP contribution in [-0.2, 0) is 6.42 Å². The summed E-state index contributed by atoms with van der Waals surface area (Å²) in [4.78, 5) is 7.83. The lowest BCUT2D eigenvalue weighted by atomic mass is 10.1. The Morgan fingerprint density at radius 1 is 1.32 bits per heavy atom. The molecule has 0 saturated carbocycles. The van der Waals surface area contributed by atoms with Gasteiger partial charge < -0.3 is 4.98 Å². The number of benzene rings is 1. The number of nitrogens with zero attached hydrogens (tertiary/aromatic N) is 1. The molecule has 0 aliphatic rings. The van der Waals surface area contributed by atoms with Crippen molar-refractivity contribution >= 4 is 44.1 Å². The SMILES string of the molecule is CC(C)Cc1[nH]c(-c2cccc(Br)c2)nc(=S)c1Br. The zero-order valence-electron chi connectivity index (χ0n) is 10.7. The highest BCUT2D eigenvalue weighted by atomic mass is 79.9. The maximum absolute atomic E-state index is 5.32. The highest BCUT2D eigenvalue weighted by molar-refractivity contribution is 9.10. The molecule has 1 N–H and O–H groups in total. The van der Waals surface area contributed by atoms with Crippen LogP contribution in [0, 0.1) is 10.6 Å². The minimum atomic E-state index is 0.555. The smallest absolute Gasteiger partial charge is 0.144 e. The summed E-state index contributed by atoms with van der Waals surface area (Å²) in [6, 6.07) is 8.03. The van der Waals surface area contributed by atoms with Gasteiger partial charge in [-0.1, -0.05) is 54.1 Å². The molecule has 0 atom stereocenters. The third kappa shape index (κ3) is 3.74. The van der Waals surface area contributed by atoms with Crippen LogP contribution >= 0.6 is 44.1 Å². The topological polar surface area (TPSA) is 28.7 Å². The molecule has 1 heterocycles. The molecule has 2 aromatic rings. The number of H-pyrrole nitrogens is 1. The summed E-state index contributed by atoms with van der Waals surface area (Å²) in [5, 5.41) is 0. The van der Waals surface area contributed by atoms with Crippen LogP contribution in [-0.4, -0.2) is 9.97 Å². The Morgan fingerprint density at radius 2 is 2.05 bits per heavy atom. The first-order valence-corrected chi connectivity index (χ1v) is 8.01. The molecule has 0 unspecified atom stereocenters. The molecule has 1 aromatic heterocycles. The van der Waals surface area contributed by atoms with Crippen molar-refractivity contribution in [3.63, 3.8) is 0 Å². The van der Waals surface area contributed by atoms with E-state index in [-0.39, 0.29) is 0 Å². The van der Waals surface area contributed by atoms with Gasteiger partial charge in [-0.15, -0.1) is 0 Å². The molecule has 100 valence electrons. The van der Waals surface area contributed by atoms with Crippen LogP contribution in [0.1, 0.15) is 19.5 Å². The molecular formula is C14H14Br2N2S. The normalized spacial score (nSPS) is 11.0. The van der Waals surface area contributed by atoms with Crippen LogP contribution < -0.4 is 0 Å². The van der Waals surface area contributed by atoms with Crippen molar-refractivity contribution < 1.29 is 0 Å². The van der Waals surface area contributed by atoms with Gasteiger partial charge >= 0.3 is 0 Å². The van der Waals surface area contributed by atoms with E-state index in [9.17, 15) is 0 Å². The molecule has 1 aromatic carbocycles. The minimum Gasteiger partial charge on any atom is -0.342 e. The Labute approximate surface area is 134 Å². The van der Waals surface area contributed by atoms with Crippen LogP contribution in [0.2, 0.25) is 0 Å². The van der Waals surface area contributed by atoms with Crippen molar-refractivity contribution in [3.05, 3.63) is 43.5 Å². The second-order valence-corrected chi connectivity index (χ2v) is 6.89. The van der Waals surface area contributed by atoms with Crippen molar-refractivity contribution in [2.24, 2.45) is 5.92 Å². The average Bonchev–Trinajstić information content (AvgIpc) is 2.34. The molecule has 2 nitrogen and oxygen atoms in total. The molecule has 0 amide bonds. The van der Waals surface area contributed by atoms with Crippen molar-refractivity contribution in [1.29, 1.82) is 0 Å². The second-order valence-electron chi connectivity index (χ2n) is 4.79. The van der Waals surface area contributed by atoms with Crippen molar-refractivity contribution in [3.8, 4) is 11.4 Å². The minimum absolute atomic E-state index is 0.555. The molecule has 0 fully saturated rings. The van der Waals surface area contributed by atoms with Crippen molar-refractivity contribution in [2.75, 3.05) is 0 Å². The van der Waals surface area contributed by atoms with Crippen molar-refractivity contribution in [2.45, 2.75) is 20.3 Å². The molecule has 0 aliphatic carbocycles. The van der Waals surface area contributed by atoms with Gasteiger partial charge in [0.05, 0.1) is 4.47 Å². The van der Waals surface area contributed by atoms with E-state index in [2.05, 4.69) is 55.7 Å². The third-order valence-electron chi connectivity index (χ3n) is 2.65. The summed E-state index contributed by atoms with van der Waals surface area (Å²) in [5.41, 5.74) is 2.13. The standard InChI is InChI=1S/C14H14Br2N2S/c1-8(2)6-11-12(16)14(19)18-13(17-11)9-4-3-5-10(15)7-9/h3-5,7-8H,6H2,1-2H3,(H,17,18,19). The van der Waals surface area contributed by atoms with E-state index in [1.165, 1.54) is 0 Å². The van der Waals surface area contributed by atoms with Gasteiger partial charge in [0.25, 0.3) is 0 Å². The molecule has 0 bridgehead atoms. The van der Waals surface area contributed by atoms with Gasteiger partial charge in [-0.2, -0.15) is 0 Å². The first kappa shape index (κ1) is 14.9. The summed E-state index contributed by atoms with van der Waals surface area (Å²) in [6.45, 7) is 4.37. The lowest BCUT2D eigenvalue weighted by molar-refractivity contribution is 0.632. The fourth-order valence-corrected chi connectivity index (χ4v) is 2.79. The van der Waals surface area contributed by atoms with Crippen LogP contribution in [0.15, 0.2) is 33.2 Å². The fraction of sp³-hybridized carbons (Fsp3) is 0.286. The Morgan fingerprint density at radius 3 is 2.68 bits per heavy atom. The maximum Gasteiger partial charge on any atom is 0.144 e. The van der Waals surface area contributed by atoms with E-state index in [0.717, 1.165) is 32.4 Å². The van der Waals surface area contributed by atoms with Crippen molar-refractivity contribution in [1.82, 2.24) is 9.97 Å². The van der Waals surface area contributed by atoms with Gasteiger partial charge in [-0.25, -0.2) is 4.98 Å². The zero-order valence-corrected chi connectivity index (χ0v) is 14.7. The predicted octanol–water partition coefficient (Wildman–Crippen LogP) is 5.53. The van der Waals surface area contributed by atoms with Gasteiger partial charge in [-0.3, -0.25) is 0 Å². The van der Waals surface area contributed by atoms with Gasteiger partial charge in [0, 0.05) is 15.7 Å². The van der Waals surface area contributed by atoms with E-state index in [1.807, 2.05) is 24.3 Å². The lowest BCUT2D eigenvalue weighted by Crippen LogP contribution is -2.02. The summed E-state index contributed by atoms with van der Waals surface area (Å²) >= 11 is 12.3. The van der Waals surface area contributed by atoms with E-state index < -0.39 is 0 Å². The predicted molar refractivity (Wildman–Crippen MR) is 88.8 cm³/mol. The fourth-order valence-electron chi connectivity index (χ4n) is 1.83. The Bertz CT molecular complexity index is 650. The van der Waals surface area contributed by atoms with Gasteiger partial charge in [-0.05, 0) is 40.4 Å². The number of nitrogens with one attached hydrogen (secondary N) is 1. The molecule has 0 aliphatic heterocycles. The molecule has 5 heteroatoms. The van der Waals surface area contributed by atoms with Gasteiger partial charge in [0.15, 0.2) is 0 Å². The quantitative estimate of drug-likeness (QED) is 0.685. The van der Waals surface area contributed by atoms with E-state index in [1.54, 1.807) is 0 Å². The molecule has 2 rings (SSSR count). The lowest BCUT2D eigenvalue weighted by Gasteiger charge is -2.10. The number of hydrogen-bond donors (Lipinski definition) is 1. The Hall–Kier alpha value is -0.520.